The van der Waals surface area contributed by atoms with Gasteiger partial charge in [-0.15, -0.1) is 0 Å². The average Bonchev–Trinajstić information content (AvgIpc) is 2.51. The van der Waals surface area contributed by atoms with Crippen LogP contribution < -0.4 is 10.2 Å². The lowest BCUT2D eigenvalue weighted by molar-refractivity contribution is 0.0523. The fourth-order valence-electron chi connectivity index (χ4n) is 2.72. The van der Waals surface area contributed by atoms with Crippen molar-refractivity contribution in [2.24, 2.45) is 0 Å². The van der Waals surface area contributed by atoms with E-state index in [1.54, 1.807) is 18.3 Å². The van der Waals surface area contributed by atoms with E-state index < -0.39 is 11.7 Å². The molecule has 0 radical (unpaired) electrons. The molecule has 1 N–H and O–H groups in total. The molecule has 0 aliphatic carbocycles. The molecule has 124 valence electrons. The monoisotopic (exact) mass is 316 g/mol. The maximum Gasteiger partial charge on any atom is 0.407 e. The molecule has 1 amide bonds. The highest BCUT2D eigenvalue weighted by Gasteiger charge is 2.26. The summed E-state index contributed by atoms with van der Waals surface area (Å²) in [5.74, 6) is 0.700. The Balaban J connectivity index is 2.05. The van der Waals surface area contributed by atoms with Gasteiger partial charge in [0.15, 0.2) is 0 Å². The van der Waals surface area contributed by atoms with Gasteiger partial charge in [-0.1, -0.05) is 0 Å². The number of amides is 1. The fraction of sp³-hybridized carbons (Fsp3) is 0.588. The Bertz CT molecular complexity index is 589. The summed E-state index contributed by atoms with van der Waals surface area (Å²) in [4.78, 5) is 18.3. The van der Waals surface area contributed by atoms with Crippen molar-refractivity contribution >= 4 is 11.9 Å². The number of anilines is 1. The number of ether oxygens (including phenoxy) is 1. The van der Waals surface area contributed by atoms with Gasteiger partial charge in [0.05, 0.1) is 5.56 Å². The minimum Gasteiger partial charge on any atom is -0.444 e. The van der Waals surface area contributed by atoms with Gasteiger partial charge >= 0.3 is 6.09 Å². The largest absolute Gasteiger partial charge is 0.444 e. The minimum atomic E-state index is -0.509. The lowest BCUT2D eigenvalue weighted by Gasteiger charge is -2.37. The lowest BCUT2D eigenvalue weighted by atomic mass is 10.0. The number of piperidine rings is 1. The summed E-state index contributed by atoms with van der Waals surface area (Å²) in [7, 11) is 0. The van der Waals surface area contributed by atoms with E-state index in [1.807, 2.05) is 20.8 Å². The minimum absolute atomic E-state index is 0.123. The molecule has 0 unspecified atom stereocenters. The number of alkyl carbamates (subject to hydrolysis) is 1. The standard InChI is InChI=1S/C17H24N4O2/c1-17(2,3)23-16(22)20-12-14-8-4-5-10-21(14)15-13(11-18)7-6-9-19-15/h6-7,9,14H,4-5,8,10,12H2,1-3H3,(H,20,22)/t14-/m1/s1. The van der Waals surface area contributed by atoms with E-state index in [2.05, 4.69) is 21.3 Å². The van der Waals surface area contributed by atoms with Crippen LogP contribution in [0.4, 0.5) is 10.6 Å². The van der Waals surface area contributed by atoms with E-state index in [4.69, 9.17) is 4.74 Å². The molecule has 0 saturated carbocycles. The highest BCUT2D eigenvalue weighted by molar-refractivity contribution is 5.67. The third-order valence-electron chi connectivity index (χ3n) is 3.69. The van der Waals surface area contributed by atoms with Crippen LogP contribution in [0.5, 0.6) is 0 Å². The van der Waals surface area contributed by atoms with Crippen LogP contribution in [0.25, 0.3) is 0 Å². The molecule has 2 rings (SSSR count). The highest BCUT2D eigenvalue weighted by atomic mass is 16.6. The Kier molecular flexibility index (Phi) is 5.43. The predicted octanol–water partition coefficient (Wildman–Crippen LogP) is 2.84. The predicted molar refractivity (Wildman–Crippen MR) is 88.2 cm³/mol. The molecule has 1 atom stereocenters. The number of pyridine rings is 1. The summed E-state index contributed by atoms with van der Waals surface area (Å²) >= 11 is 0. The van der Waals surface area contributed by atoms with Crippen molar-refractivity contribution in [1.29, 1.82) is 5.26 Å². The number of hydrogen-bond donors (Lipinski definition) is 1. The number of nitrogens with one attached hydrogen (secondary N) is 1. The molecule has 23 heavy (non-hydrogen) atoms. The Morgan fingerprint density at radius 1 is 1.52 bits per heavy atom. The lowest BCUT2D eigenvalue weighted by Crippen LogP contribution is -2.48. The second-order valence-electron chi connectivity index (χ2n) is 6.71. The highest BCUT2D eigenvalue weighted by Crippen LogP contribution is 2.25. The third-order valence-corrected chi connectivity index (χ3v) is 3.69. The van der Waals surface area contributed by atoms with E-state index in [0.29, 0.717) is 17.9 Å². The SMILES string of the molecule is CC(C)(C)OC(=O)NC[C@H]1CCCCN1c1ncccc1C#N. The van der Waals surface area contributed by atoms with Crippen LogP contribution in [0, 0.1) is 11.3 Å². The van der Waals surface area contributed by atoms with Gasteiger partial charge in [-0.05, 0) is 52.2 Å². The normalized spacial score (nSPS) is 18.2. The van der Waals surface area contributed by atoms with E-state index >= 15 is 0 Å². The van der Waals surface area contributed by atoms with Gasteiger partial charge in [0.25, 0.3) is 0 Å². The summed E-state index contributed by atoms with van der Waals surface area (Å²) < 4.78 is 5.28. The molecule has 0 spiro atoms. The Labute approximate surface area is 137 Å². The van der Waals surface area contributed by atoms with E-state index in [1.165, 1.54) is 0 Å². The zero-order chi connectivity index (χ0) is 16.9. The summed E-state index contributed by atoms with van der Waals surface area (Å²) in [5.41, 5.74) is 0.0577. The molecule has 2 heterocycles. The van der Waals surface area contributed by atoms with Crippen molar-refractivity contribution in [1.82, 2.24) is 10.3 Å². The van der Waals surface area contributed by atoms with Crippen molar-refractivity contribution in [3.8, 4) is 6.07 Å². The van der Waals surface area contributed by atoms with E-state index in [0.717, 1.165) is 25.8 Å². The van der Waals surface area contributed by atoms with Crippen LogP contribution in [-0.2, 0) is 4.74 Å². The van der Waals surface area contributed by atoms with Gasteiger partial charge < -0.3 is 15.0 Å². The zero-order valence-electron chi connectivity index (χ0n) is 14.0. The van der Waals surface area contributed by atoms with Gasteiger partial charge in [0.2, 0.25) is 0 Å². The van der Waals surface area contributed by atoms with Crippen molar-refractivity contribution in [3.63, 3.8) is 0 Å². The molecule has 1 aromatic rings. The second-order valence-corrected chi connectivity index (χ2v) is 6.71. The molecule has 1 saturated heterocycles. The Morgan fingerprint density at radius 2 is 2.30 bits per heavy atom. The molecule has 1 aliphatic rings. The zero-order valence-corrected chi connectivity index (χ0v) is 14.0. The van der Waals surface area contributed by atoms with Crippen LogP contribution in [0.2, 0.25) is 0 Å². The molecule has 1 fully saturated rings. The quantitative estimate of drug-likeness (QED) is 0.927. The number of rotatable bonds is 3. The fourth-order valence-corrected chi connectivity index (χ4v) is 2.72. The molecule has 1 aliphatic heterocycles. The third kappa shape index (κ3) is 4.85. The first-order valence-electron chi connectivity index (χ1n) is 7.99. The Morgan fingerprint density at radius 3 is 3.00 bits per heavy atom. The molecule has 6 heteroatoms. The van der Waals surface area contributed by atoms with E-state index in [-0.39, 0.29) is 6.04 Å². The van der Waals surface area contributed by atoms with Gasteiger partial charge in [-0.2, -0.15) is 5.26 Å². The van der Waals surface area contributed by atoms with Crippen molar-refractivity contribution in [3.05, 3.63) is 23.9 Å². The van der Waals surface area contributed by atoms with Crippen molar-refractivity contribution in [2.45, 2.75) is 51.7 Å². The first-order valence-corrected chi connectivity index (χ1v) is 7.99. The molecular formula is C17H24N4O2. The maximum atomic E-state index is 11.8. The maximum absolute atomic E-state index is 11.8. The summed E-state index contributed by atoms with van der Waals surface area (Å²) in [5, 5.41) is 12.1. The number of hydrogen-bond acceptors (Lipinski definition) is 5. The van der Waals surface area contributed by atoms with Crippen LogP contribution in [0.1, 0.15) is 45.6 Å². The first-order chi connectivity index (χ1) is 10.9. The summed E-state index contributed by atoms with van der Waals surface area (Å²) in [6, 6.07) is 5.85. The molecule has 0 bridgehead atoms. The summed E-state index contributed by atoms with van der Waals surface area (Å²) in [6.07, 6.45) is 4.40. The Hall–Kier alpha value is -2.29. The van der Waals surface area contributed by atoms with Gasteiger partial charge in [0, 0.05) is 25.3 Å². The van der Waals surface area contributed by atoms with Crippen LogP contribution in [0.3, 0.4) is 0 Å². The second kappa shape index (κ2) is 7.32. The first kappa shape index (κ1) is 17.1. The summed E-state index contributed by atoms with van der Waals surface area (Å²) in [6.45, 7) is 6.84. The van der Waals surface area contributed by atoms with Gasteiger partial charge in [-0.3, -0.25) is 0 Å². The van der Waals surface area contributed by atoms with Crippen LogP contribution in [0.15, 0.2) is 18.3 Å². The topological polar surface area (TPSA) is 78.2 Å². The number of aromatic nitrogens is 1. The molecule has 6 nitrogen and oxygen atoms in total. The molecular weight excluding hydrogens is 292 g/mol. The number of carbonyl (C=O) groups excluding carboxylic acids is 1. The number of carbonyl (C=O) groups is 1. The smallest absolute Gasteiger partial charge is 0.407 e. The van der Waals surface area contributed by atoms with Crippen LogP contribution in [-0.4, -0.2) is 35.8 Å². The average molecular weight is 316 g/mol. The molecule has 1 aromatic heterocycles. The molecule has 0 aromatic carbocycles. The van der Waals surface area contributed by atoms with Crippen LogP contribution >= 0.6 is 0 Å². The van der Waals surface area contributed by atoms with Crippen molar-refractivity contribution in [2.75, 3.05) is 18.0 Å². The van der Waals surface area contributed by atoms with Crippen molar-refractivity contribution < 1.29 is 9.53 Å². The van der Waals surface area contributed by atoms with Gasteiger partial charge in [-0.25, -0.2) is 9.78 Å². The number of nitrogens with zero attached hydrogens (tertiary/aromatic N) is 3. The van der Waals surface area contributed by atoms with Gasteiger partial charge in [0.1, 0.15) is 17.5 Å². The van der Waals surface area contributed by atoms with E-state index in [9.17, 15) is 10.1 Å². The number of nitriles is 1.